The van der Waals surface area contributed by atoms with E-state index in [0.29, 0.717) is 36.3 Å². The van der Waals surface area contributed by atoms with Crippen molar-refractivity contribution in [3.05, 3.63) is 36.3 Å². The number of aliphatic hydroxyl groups excluding tert-OH is 1. The summed E-state index contributed by atoms with van der Waals surface area (Å²) >= 11 is 0. The fourth-order valence-electron chi connectivity index (χ4n) is 4.42. The molecule has 1 aromatic carbocycles. The minimum atomic E-state index is -0.332. The molecule has 1 saturated carbocycles. The molecular weight excluding hydrogens is 399 g/mol. The molecule has 0 radical (unpaired) electrons. The van der Waals surface area contributed by atoms with Gasteiger partial charge in [-0.15, -0.1) is 0 Å². The number of ether oxygens (including phenoxy) is 1. The maximum atomic E-state index is 14.3. The molecule has 9 heteroatoms. The summed E-state index contributed by atoms with van der Waals surface area (Å²) in [5, 5.41) is 16.3. The predicted octanol–water partition coefficient (Wildman–Crippen LogP) is 3.78. The van der Waals surface area contributed by atoms with Gasteiger partial charge >= 0.3 is 0 Å². The van der Waals surface area contributed by atoms with Crippen LogP contribution in [0.1, 0.15) is 44.6 Å². The van der Waals surface area contributed by atoms with Gasteiger partial charge in [0.1, 0.15) is 11.3 Å². The first-order valence-electron chi connectivity index (χ1n) is 11.0. The van der Waals surface area contributed by atoms with E-state index < -0.39 is 0 Å². The summed E-state index contributed by atoms with van der Waals surface area (Å²) in [5.74, 6) is 0.778. The monoisotopic (exact) mass is 426 g/mol. The zero-order chi connectivity index (χ0) is 21.2. The number of imidazole rings is 1. The van der Waals surface area contributed by atoms with Crippen LogP contribution in [0.15, 0.2) is 30.5 Å². The maximum absolute atomic E-state index is 14.3. The fourth-order valence-corrected chi connectivity index (χ4v) is 4.42. The molecule has 31 heavy (non-hydrogen) atoms. The number of nitrogens with one attached hydrogen (secondary N) is 2. The van der Waals surface area contributed by atoms with Crippen molar-refractivity contribution < 1.29 is 14.2 Å². The van der Waals surface area contributed by atoms with Crippen LogP contribution in [0.2, 0.25) is 0 Å². The predicted molar refractivity (Wildman–Crippen MR) is 116 cm³/mol. The first kappa shape index (κ1) is 20.1. The van der Waals surface area contributed by atoms with Crippen LogP contribution in [0.5, 0.6) is 0 Å². The number of hydrogen-bond acceptors (Lipinski definition) is 7. The summed E-state index contributed by atoms with van der Waals surface area (Å²) in [6.45, 7) is 1.34. The lowest BCUT2D eigenvalue weighted by atomic mass is 9.93. The van der Waals surface area contributed by atoms with Crippen LogP contribution in [0.4, 0.5) is 22.0 Å². The minimum absolute atomic E-state index is 0.153. The molecule has 8 nitrogen and oxygen atoms in total. The summed E-state index contributed by atoms with van der Waals surface area (Å²) in [4.78, 5) is 13.9. The number of hydrogen-bond donors (Lipinski definition) is 3. The molecule has 3 N–H and O–H groups in total. The van der Waals surface area contributed by atoms with Crippen molar-refractivity contribution in [2.75, 3.05) is 23.8 Å². The second-order valence-corrected chi connectivity index (χ2v) is 8.31. The number of rotatable bonds is 5. The van der Waals surface area contributed by atoms with Gasteiger partial charge in [0, 0.05) is 25.3 Å². The van der Waals surface area contributed by atoms with Crippen molar-refractivity contribution in [1.29, 1.82) is 0 Å². The van der Waals surface area contributed by atoms with Crippen LogP contribution in [0.3, 0.4) is 0 Å². The molecule has 0 spiro atoms. The van der Waals surface area contributed by atoms with E-state index in [4.69, 9.17) is 9.72 Å². The van der Waals surface area contributed by atoms with Gasteiger partial charge in [0.15, 0.2) is 5.65 Å². The van der Waals surface area contributed by atoms with Crippen LogP contribution in [-0.4, -0.2) is 50.0 Å². The Morgan fingerprint density at radius 2 is 1.81 bits per heavy atom. The highest BCUT2D eigenvalue weighted by atomic mass is 19.1. The van der Waals surface area contributed by atoms with E-state index in [-0.39, 0.29) is 24.0 Å². The summed E-state index contributed by atoms with van der Waals surface area (Å²) in [6.07, 6.45) is 6.54. The smallest absolute Gasteiger partial charge is 0.224 e. The Labute approximate surface area is 179 Å². The van der Waals surface area contributed by atoms with E-state index in [1.54, 1.807) is 24.4 Å². The summed E-state index contributed by atoms with van der Waals surface area (Å²) < 4.78 is 21.9. The van der Waals surface area contributed by atoms with E-state index in [0.717, 1.165) is 44.2 Å². The van der Waals surface area contributed by atoms with Crippen molar-refractivity contribution in [2.45, 2.75) is 56.7 Å². The van der Waals surface area contributed by atoms with Gasteiger partial charge in [-0.1, -0.05) is 12.1 Å². The lowest BCUT2D eigenvalue weighted by Gasteiger charge is -2.27. The highest BCUT2D eigenvalue weighted by Crippen LogP contribution is 2.32. The van der Waals surface area contributed by atoms with E-state index in [9.17, 15) is 9.50 Å². The van der Waals surface area contributed by atoms with Crippen molar-refractivity contribution in [2.24, 2.45) is 0 Å². The molecular formula is C22H27FN6O2. The standard InChI is InChI=1S/C22H27FN6O2/c23-17-3-1-2-4-18(17)26-22-27-19-13-24-21(25-14-5-7-16(30)8-6-14)28-20(19)29(22)15-9-11-31-12-10-15/h1-4,13-16,30H,5-12H2,(H,26,27)(H,24,25,28)/t14-,16-. The molecule has 2 aromatic heterocycles. The molecule has 3 heterocycles. The zero-order valence-corrected chi connectivity index (χ0v) is 17.3. The molecule has 164 valence electrons. The molecule has 1 aliphatic heterocycles. The largest absolute Gasteiger partial charge is 0.393 e. The van der Waals surface area contributed by atoms with Crippen LogP contribution in [-0.2, 0) is 4.74 Å². The van der Waals surface area contributed by atoms with Gasteiger partial charge < -0.3 is 20.5 Å². The quantitative estimate of drug-likeness (QED) is 0.571. The highest BCUT2D eigenvalue weighted by molar-refractivity contribution is 5.76. The topological polar surface area (TPSA) is 97.1 Å². The number of halogens is 1. The SMILES string of the molecule is O[C@H]1CC[C@H](Nc2ncc3nc(Nc4ccccc4F)n(C4CCOCC4)c3n2)CC1. The van der Waals surface area contributed by atoms with Crippen LogP contribution < -0.4 is 10.6 Å². The van der Waals surface area contributed by atoms with E-state index >= 15 is 0 Å². The lowest BCUT2D eigenvalue weighted by Crippen LogP contribution is -2.29. The third-order valence-corrected chi connectivity index (χ3v) is 6.14. The molecule has 1 aliphatic carbocycles. The average molecular weight is 426 g/mol. The Morgan fingerprint density at radius 1 is 1.03 bits per heavy atom. The van der Waals surface area contributed by atoms with Crippen LogP contribution in [0, 0.1) is 5.82 Å². The molecule has 3 aromatic rings. The molecule has 1 saturated heterocycles. The minimum Gasteiger partial charge on any atom is -0.393 e. The summed E-state index contributed by atoms with van der Waals surface area (Å²) in [5.41, 5.74) is 1.76. The molecule has 2 fully saturated rings. The average Bonchev–Trinajstić information content (AvgIpc) is 3.15. The Hall–Kier alpha value is -2.78. The van der Waals surface area contributed by atoms with Gasteiger partial charge in [0.05, 0.1) is 18.0 Å². The Bertz CT molecular complexity index is 1040. The fraction of sp³-hybridized carbons (Fsp3) is 0.500. The van der Waals surface area contributed by atoms with Crippen LogP contribution >= 0.6 is 0 Å². The second-order valence-electron chi connectivity index (χ2n) is 8.31. The Morgan fingerprint density at radius 3 is 2.58 bits per heavy atom. The molecule has 5 rings (SSSR count). The Kier molecular flexibility index (Phi) is 5.69. The molecule has 0 atom stereocenters. The van der Waals surface area contributed by atoms with Crippen molar-refractivity contribution in [3.8, 4) is 0 Å². The third kappa shape index (κ3) is 4.33. The normalized spacial score (nSPS) is 22.5. The van der Waals surface area contributed by atoms with Crippen molar-refractivity contribution in [1.82, 2.24) is 19.5 Å². The number of aromatic nitrogens is 4. The molecule has 2 aliphatic rings. The van der Waals surface area contributed by atoms with Gasteiger partial charge in [-0.3, -0.25) is 4.57 Å². The molecule has 0 bridgehead atoms. The number of aliphatic hydroxyl groups is 1. The number of nitrogens with zero attached hydrogens (tertiary/aromatic N) is 4. The Balaban J connectivity index is 1.49. The van der Waals surface area contributed by atoms with Crippen molar-refractivity contribution >= 4 is 28.7 Å². The molecule has 0 unspecified atom stereocenters. The van der Waals surface area contributed by atoms with Gasteiger partial charge in [-0.25, -0.2) is 14.4 Å². The lowest BCUT2D eigenvalue weighted by molar-refractivity contribution is 0.0710. The summed E-state index contributed by atoms with van der Waals surface area (Å²) in [6, 6.07) is 6.97. The van der Waals surface area contributed by atoms with Crippen LogP contribution in [0.25, 0.3) is 11.2 Å². The van der Waals surface area contributed by atoms with Gasteiger partial charge in [0.25, 0.3) is 0 Å². The first-order valence-corrected chi connectivity index (χ1v) is 11.0. The van der Waals surface area contributed by atoms with E-state index in [1.165, 1.54) is 6.07 Å². The number of benzene rings is 1. The zero-order valence-electron chi connectivity index (χ0n) is 17.3. The number of anilines is 3. The highest BCUT2D eigenvalue weighted by Gasteiger charge is 2.25. The number of fused-ring (bicyclic) bond motifs is 1. The van der Waals surface area contributed by atoms with Gasteiger partial charge in [-0.05, 0) is 50.7 Å². The maximum Gasteiger partial charge on any atom is 0.224 e. The summed E-state index contributed by atoms with van der Waals surface area (Å²) in [7, 11) is 0. The van der Waals surface area contributed by atoms with Gasteiger partial charge in [-0.2, -0.15) is 4.98 Å². The first-order chi connectivity index (χ1) is 15.2. The van der Waals surface area contributed by atoms with E-state index in [1.807, 2.05) is 0 Å². The van der Waals surface area contributed by atoms with Crippen molar-refractivity contribution in [3.63, 3.8) is 0 Å². The number of para-hydroxylation sites is 1. The van der Waals surface area contributed by atoms with Gasteiger partial charge in [0.2, 0.25) is 11.9 Å². The van der Waals surface area contributed by atoms with E-state index in [2.05, 4.69) is 25.2 Å². The third-order valence-electron chi connectivity index (χ3n) is 6.14. The second kappa shape index (κ2) is 8.76. The molecule has 0 amide bonds.